The van der Waals surface area contributed by atoms with Crippen LogP contribution in [0, 0.1) is 20.8 Å². The number of benzene rings is 1. The van der Waals surface area contributed by atoms with E-state index in [2.05, 4.69) is 47.7 Å². The second-order valence-corrected chi connectivity index (χ2v) is 8.67. The highest BCUT2D eigenvalue weighted by molar-refractivity contribution is 6.23. The predicted octanol–water partition coefficient (Wildman–Crippen LogP) is 6.22. The third-order valence-electron chi connectivity index (χ3n) is 5.97. The number of hydrogen-bond donors (Lipinski definition) is 1. The van der Waals surface area contributed by atoms with Gasteiger partial charge in [-0.1, -0.05) is 34.9 Å². The van der Waals surface area contributed by atoms with Gasteiger partial charge in [0.15, 0.2) is 5.78 Å². The molecule has 2 aliphatic carbocycles. The summed E-state index contributed by atoms with van der Waals surface area (Å²) < 4.78 is 4.67. The van der Waals surface area contributed by atoms with E-state index in [1.165, 1.54) is 35.1 Å². The molecule has 0 radical (unpaired) electrons. The van der Waals surface area contributed by atoms with Gasteiger partial charge in [-0.25, -0.2) is 0 Å². The molecule has 1 unspecified atom stereocenters. The largest absolute Gasteiger partial charge is 0.511 e. The summed E-state index contributed by atoms with van der Waals surface area (Å²) in [7, 11) is 0. The summed E-state index contributed by atoms with van der Waals surface area (Å²) in [6, 6.07) is 6.21. The molecule has 0 aliphatic heterocycles. The standard InChI is InChI=1S/C20H27NO3.C6H7NO/c1-6-16(21-24-7-2)20-17(22)10-15(11-18(20)23)19-13(4)8-12(3)9-14(19)5;1-2-5(1)6-3-4-8-7-6/h8-9,15,22H,6-7,10-11H2,1-5H3;3-5H,1-2H2/b21-16+;. The molecule has 1 saturated carbocycles. The normalized spacial score (nSPS) is 19.0. The Morgan fingerprint density at radius 1 is 1.16 bits per heavy atom. The molecule has 2 aliphatic rings. The van der Waals surface area contributed by atoms with Crippen molar-refractivity contribution in [2.24, 2.45) is 5.16 Å². The Balaban J connectivity index is 0.000000297. The van der Waals surface area contributed by atoms with E-state index in [4.69, 9.17) is 4.84 Å². The van der Waals surface area contributed by atoms with Crippen molar-refractivity contribution in [1.82, 2.24) is 5.16 Å². The van der Waals surface area contributed by atoms with Gasteiger partial charge in [0.2, 0.25) is 0 Å². The molecular weight excluding hydrogens is 404 g/mol. The van der Waals surface area contributed by atoms with Crippen LogP contribution >= 0.6 is 0 Å². The lowest BCUT2D eigenvalue weighted by molar-refractivity contribution is -0.116. The maximum Gasteiger partial charge on any atom is 0.168 e. The number of Topliss-reactive ketones (excluding diaryl/α,β-unsaturated/α-hetero) is 1. The molecule has 1 aromatic heterocycles. The van der Waals surface area contributed by atoms with Crippen molar-refractivity contribution in [1.29, 1.82) is 0 Å². The topological polar surface area (TPSA) is 84.9 Å². The highest BCUT2D eigenvalue weighted by Crippen LogP contribution is 2.39. The summed E-state index contributed by atoms with van der Waals surface area (Å²) in [6.45, 7) is 10.4. The number of hydrogen-bond acceptors (Lipinski definition) is 6. The number of oxime groups is 1. The van der Waals surface area contributed by atoms with Crippen molar-refractivity contribution in [2.45, 2.75) is 78.6 Å². The summed E-state index contributed by atoms with van der Waals surface area (Å²) in [4.78, 5) is 17.8. The van der Waals surface area contributed by atoms with Gasteiger partial charge in [0.1, 0.15) is 18.6 Å². The molecule has 2 aromatic rings. The second kappa shape index (κ2) is 10.6. The van der Waals surface area contributed by atoms with Crippen LogP contribution in [0.5, 0.6) is 0 Å². The molecule has 1 fully saturated rings. The summed E-state index contributed by atoms with van der Waals surface area (Å²) in [5.74, 6) is 0.833. The van der Waals surface area contributed by atoms with Gasteiger partial charge in [-0.3, -0.25) is 4.79 Å². The minimum absolute atomic E-state index is 0.0204. The lowest BCUT2D eigenvalue weighted by Gasteiger charge is -2.27. The molecule has 0 saturated heterocycles. The molecule has 6 heteroatoms. The number of aliphatic hydroxyl groups is 1. The molecule has 1 aromatic carbocycles. The van der Waals surface area contributed by atoms with E-state index in [1.54, 1.807) is 6.26 Å². The molecule has 4 rings (SSSR count). The molecule has 6 nitrogen and oxygen atoms in total. The quantitative estimate of drug-likeness (QED) is 0.427. The van der Waals surface area contributed by atoms with Crippen molar-refractivity contribution in [3.63, 3.8) is 0 Å². The van der Waals surface area contributed by atoms with Crippen molar-refractivity contribution in [2.75, 3.05) is 6.61 Å². The molecule has 0 bridgehead atoms. The van der Waals surface area contributed by atoms with E-state index in [0.717, 1.165) is 11.6 Å². The summed E-state index contributed by atoms with van der Waals surface area (Å²) in [6.07, 6.45) is 5.65. The van der Waals surface area contributed by atoms with Crippen LogP contribution in [0.4, 0.5) is 0 Å². The van der Waals surface area contributed by atoms with Gasteiger partial charge < -0.3 is 14.5 Å². The molecule has 172 valence electrons. The minimum Gasteiger partial charge on any atom is -0.511 e. The first-order chi connectivity index (χ1) is 15.3. The minimum atomic E-state index is -0.0524. The summed E-state index contributed by atoms with van der Waals surface area (Å²) >= 11 is 0. The maximum absolute atomic E-state index is 12.7. The Morgan fingerprint density at radius 3 is 2.34 bits per heavy atom. The fourth-order valence-corrected chi connectivity index (χ4v) is 4.50. The van der Waals surface area contributed by atoms with Crippen molar-refractivity contribution in [3.05, 3.63) is 63.7 Å². The van der Waals surface area contributed by atoms with Crippen LogP contribution in [0.1, 0.15) is 85.7 Å². The number of nitrogens with zero attached hydrogens (tertiary/aromatic N) is 2. The molecule has 0 amide bonds. The first-order valence-corrected chi connectivity index (χ1v) is 11.5. The Morgan fingerprint density at radius 2 is 1.84 bits per heavy atom. The van der Waals surface area contributed by atoms with Crippen LogP contribution in [-0.4, -0.2) is 28.4 Å². The van der Waals surface area contributed by atoms with Crippen molar-refractivity contribution in [3.8, 4) is 0 Å². The molecule has 1 heterocycles. The van der Waals surface area contributed by atoms with Crippen molar-refractivity contribution >= 4 is 11.5 Å². The fraction of sp³-hybridized carbons (Fsp3) is 0.500. The predicted molar refractivity (Wildman–Crippen MR) is 125 cm³/mol. The number of aliphatic hydroxyl groups excluding tert-OH is 1. The summed E-state index contributed by atoms with van der Waals surface area (Å²) in [5, 5.41) is 18.3. The third kappa shape index (κ3) is 5.67. The lowest BCUT2D eigenvalue weighted by atomic mass is 9.78. The number of rotatable bonds is 6. The maximum atomic E-state index is 12.7. The Hall–Kier alpha value is -2.89. The number of ketones is 1. The van der Waals surface area contributed by atoms with Crippen LogP contribution < -0.4 is 0 Å². The van der Waals surface area contributed by atoms with Gasteiger partial charge in [0.25, 0.3) is 0 Å². The van der Waals surface area contributed by atoms with E-state index < -0.39 is 0 Å². The van der Waals surface area contributed by atoms with E-state index >= 15 is 0 Å². The average molecular weight is 439 g/mol. The monoisotopic (exact) mass is 438 g/mol. The number of aryl methyl sites for hydroxylation is 3. The van der Waals surface area contributed by atoms with Crippen LogP contribution in [0.25, 0.3) is 0 Å². The number of aromatic nitrogens is 1. The number of allylic oxidation sites excluding steroid dienone is 2. The summed E-state index contributed by atoms with van der Waals surface area (Å²) in [5.41, 5.74) is 6.78. The Labute approximate surface area is 190 Å². The van der Waals surface area contributed by atoms with Gasteiger partial charge >= 0.3 is 0 Å². The van der Waals surface area contributed by atoms with E-state index in [9.17, 15) is 9.90 Å². The molecule has 1 N–H and O–H groups in total. The zero-order valence-electron chi connectivity index (χ0n) is 19.8. The van der Waals surface area contributed by atoms with Gasteiger partial charge in [0.05, 0.1) is 17.0 Å². The molecule has 1 atom stereocenters. The Kier molecular flexibility index (Phi) is 7.89. The third-order valence-corrected chi connectivity index (χ3v) is 5.97. The van der Waals surface area contributed by atoms with Crippen LogP contribution in [0.2, 0.25) is 0 Å². The Bertz CT molecular complexity index is 978. The van der Waals surface area contributed by atoms with Crippen LogP contribution in [0.3, 0.4) is 0 Å². The van der Waals surface area contributed by atoms with Gasteiger partial charge in [-0.15, -0.1) is 0 Å². The molecular formula is C26H34N2O4. The zero-order valence-corrected chi connectivity index (χ0v) is 19.8. The highest BCUT2D eigenvalue weighted by Gasteiger charge is 2.32. The van der Waals surface area contributed by atoms with Crippen molar-refractivity contribution < 1.29 is 19.3 Å². The first kappa shape index (κ1) is 23.8. The molecule has 32 heavy (non-hydrogen) atoms. The SMILES string of the molecule is CCO/N=C(\CC)C1=C(O)CC(c2c(C)cc(C)cc2C)CC1=O.c1cc(C2CC2)no1. The van der Waals surface area contributed by atoms with E-state index in [1.807, 2.05) is 19.9 Å². The lowest BCUT2D eigenvalue weighted by Crippen LogP contribution is -2.24. The van der Waals surface area contributed by atoms with Gasteiger partial charge in [0, 0.05) is 24.8 Å². The highest BCUT2D eigenvalue weighted by atomic mass is 16.6. The smallest absolute Gasteiger partial charge is 0.168 e. The zero-order chi connectivity index (χ0) is 23.3. The fourth-order valence-electron chi connectivity index (χ4n) is 4.50. The molecule has 0 spiro atoms. The van der Waals surface area contributed by atoms with Gasteiger partial charge in [-0.05, 0) is 69.6 Å². The number of carbonyl (C=O) groups is 1. The average Bonchev–Trinajstić information content (AvgIpc) is 3.44. The van der Waals surface area contributed by atoms with Gasteiger partial charge in [-0.2, -0.15) is 0 Å². The second-order valence-electron chi connectivity index (χ2n) is 8.67. The van der Waals surface area contributed by atoms with E-state index in [0.29, 0.717) is 37.2 Å². The van der Waals surface area contributed by atoms with Crippen LogP contribution in [0.15, 0.2) is 45.5 Å². The van der Waals surface area contributed by atoms with E-state index in [-0.39, 0.29) is 17.5 Å². The first-order valence-electron chi connectivity index (χ1n) is 11.5. The number of carbonyl (C=O) groups excluding carboxylic acids is 1. The van der Waals surface area contributed by atoms with Crippen LogP contribution in [-0.2, 0) is 9.63 Å².